The average Bonchev–Trinajstić information content (AvgIpc) is 3.00. The molecule has 1 unspecified atom stereocenters. The Morgan fingerprint density at radius 3 is 2.20 bits per heavy atom. The first-order valence-electron chi connectivity index (χ1n) is 9.02. The molecule has 1 saturated heterocycles. The number of carbonyl (C=O) groups excluding carboxylic acids is 2. The van der Waals surface area contributed by atoms with Gasteiger partial charge in [0.2, 0.25) is 0 Å². The number of aryl methyl sites for hydroxylation is 1. The molecule has 30 heavy (non-hydrogen) atoms. The molecule has 0 aromatic heterocycles. The van der Waals surface area contributed by atoms with Gasteiger partial charge in [-0.3, -0.25) is 0 Å². The number of aliphatic hydroxyl groups excluding tert-OH is 1. The Labute approximate surface area is 177 Å². The fraction of sp³-hybridized carbons (Fsp3) is 0.333. The largest absolute Gasteiger partial charge is 0.497 e. The molecule has 0 saturated carbocycles. The van der Waals surface area contributed by atoms with Gasteiger partial charge in [0.1, 0.15) is 16.9 Å². The van der Waals surface area contributed by atoms with Crippen molar-refractivity contribution >= 4 is 23.7 Å². The summed E-state index contributed by atoms with van der Waals surface area (Å²) in [4.78, 5) is 25.0. The van der Waals surface area contributed by atoms with Crippen LogP contribution in [0.2, 0.25) is 0 Å². The van der Waals surface area contributed by atoms with E-state index in [1.165, 1.54) is 32.4 Å². The summed E-state index contributed by atoms with van der Waals surface area (Å²) in [7, 11) is 2.99. The summed E-state index contributed by atoms with van der Waals surface area (Å²) >= 11 is 0.677. The van der Waals surface area contributed by atoms with E-state index in [1.807, 2.05) is 0 Å². The molecule has 1 heterocycles. The van der Waals surface area contributed by atoms with Gasteiger partial charge in [0.05, 0.1) is 25.3 Å². The van der Waals surface area contributed by atoms with E-state index in [0.29, 0.717) is 28.8 Å². The van der Waals surface area contributed by atoms with Crippen molar-refractivity contribution in [1.29, 1.82) is 0 Å². The first kappa shape index (κ1) is 21.9. The summed E-state index contributed by atoms with van der Waals surface area (Å²) in [5.41, 5.74) is -1.66. The van der Waals surface area contributed by atoms with E-state index in [1.54, 1.807) is 31.2 Å². The minimum atomic E-state index is -1.91. The molecule has 1 fully saturated rings. The van der Waals surface area contributed by atoms with Crippen molar-refractivity contribution in [3.63, 3.8) is 0 Å². The number of alkyl halides is 1. The molecule has 0 spiro atoms. The van der Waals surface area contributed by atoms with Gasteiger partial charge >= 0.3 is 11.9 Å². The summed E-state index contributed by atoms with van der Waals surface area (Å²) < 4.78 is 35.2. The lowest BCUT2D eigenvalue weighted by Crippen LogP contribution is -2.36. The topological polar surface area (TPSA) is 91.3 Å². The van der Waals surface area contributed by atoms with Crippen molar-refractivity contribution in [3.8, 4) is 11.5 Å². The third kappa shape index (κ3) is 4.68. The van der Waals surface area contributed by atoms with Gasteiger partial charge < -0.3 is 24.1 Å². The molecule has 4 atom stereocenters. The number of hydrogen-bond acceptors (Lipinski definition) is 8. The van der Waals surface area contributed by atoms with Gasteiger partial charge in [-0.25, -0.2) is 14.0 Å². The Hall–Kier alpha value is -2.78. The van der Waals surface area contributed by atoms with Crippen LogP contribution in [0.1, 0.15) is 26.3 Å². The van der Waals surface area contributed by atoms with Gasteiger partial charge in [-0.2, -0.15) is 0 Å². The first-order valence-corrected chi connectivity index (χ1v) is 9.96. The maximum Gasteiger partial charge on any atom is 0.339 e. The molecule has 7 nitrogen and oxygen atoms in total. The van der Waals surface area contributed by atoms with E-state index in [9.17, 15) is 19.1 Å². The third-order valence-corrected chi connectivity index (χ3v) is 5.75. The van der Waals surface area contributed by atoms with Gasteiger partial charge in [0.25, 0.3) is 0 Å². The lowest BCUT2D eigenvalue weighted by Gasteiger charge is -2.21. The minimum absolute atomic E-state index is 0.172. The van der Waals surface area contributed by atoms with Gasteiger partial charge in [0, 0.05) is 0 Å². The van der Waals surface area contributed by atoms with Crippen LogP contribution in [0.5, 0.6) is 11.5 Å². The van der Waals surface area contributed by atoms with Crippen molar-refractivity contribution in [2.24, 2.45) is 0 Å². The summed E-state index contributed by atoms with van der Waals surface area (Å²) in [5.74, 6) is -0.408. The smallest absolute Gasteiger partial charge is 0.339 e. The molecule has 3 rings (SSSR count). The highest BCUT2D eigenvalue weighted by atomic mass is 32.2. The number of methoxy groups -OCH3 is 2. The van der Waals surface area contributed by atoms with Gasteiger partial charge in [-0.05, 0) is 55.0 Å². The van der Waals surface area contributed by atoms with E-state index < -0.39 is 35.1 Å². The maximum absolute atomic E-state index is 14.5. The van der Waals surface area contributed by atoms with Crippen LogP contribution in [-0.4, -0.2) is 54.4 Å². The normalized spacial score (nSPS) is 23.0. The number of rotatable bonds is 6. The van der Waals surface area contributed by atoms with Gasteiger partial charge in [-0.15, -0.1) is 0 Å². The zero-order valence-corrected chi connectivity index (χ0v) is 17.4. The molecule has 9 heteroatoms. The van der Waals surface area contributed by atoms with Crippen molar-refractivity contribution in [3.05, 3.63) is 59.2 Å². The number of aliphatic hydroxyl groups is 1. The van der Waals surface area contributed by atoms with Crippen LogP contribution in [0.4, 0.5) is 4.39 Å². The van der Waals surface area contributed by atoms with Crippen LogP contribution in [0.15, 0.2) is 42.5 Å². The Bertz CT molecular complexity index is 918. The lowest BCUT2D eigenvalue weighted by molar-refractivity contribution is -0.0388. The number of benzene rings is 2. The maximum atomic E-state index is 14.5. The van der Waals surface area contributed by atoms with Crippen LogP contribution < -0.4 is 9.47 Å². The standard InChI is InChI=1S/C21H21FO7S/c1-11-10-14(27-3)8-9-15(11)19(24)29-21-17(16(22)20(25)30-21)28-18(23)12-4-6-13(26-2)7-5-12/h4-10,16-17,20-21,25H,1-3H3/t16-,17-,20?,21+/m0/s1. The second-order valence-electron chi connectivity index (χ2n) is 6.52. The summed E-state index contributed by atoms with van der Waals surface area (Å²) in [6.45, 7) is 1.70. The van der Waals surface area contributed by atoms with Crippen molar-refractivity contribution in [1.82, 2.24) is 0 Å². The lowest BCUT2D eigenvalue weighted by atomic mass is 10.1. The Balaban J connectivity index is 1.73. The number of halogens is 1. The fourth-order valence-corrected chi connectivity index (χ4v) is 3.98. The highest BCUT2D eigenvalue weighted by Crippen LogP contribution is 2.38. The predicted octanol–water partition coefficient (Wildman–Crippen LogP) is 3.12. The van der Waals surface area contributed by atoms with E-state index in [0.717, 1.165) is 0 Å². The number of esters is 2. The quantitative estimate of drug-likeness (QED) is 0.691. The van der Waals surface area contributed by atoms with Crippen molar-refractivity contribution in [2.75, 3.05) is 14.2 Å². The number of carbonyl (C=O) groups is 2. The van der Waals surface area contributed by atoms with Crippen LogP contribution in [0.25, 0.3) is 0 Å². The molecule has 1 aliphatic rings. The van der Waals surface area contributed by atoms with E-state index in [2.05, 4.69) is 0 Å². The first-order chi connectivity index (χ1) is 14.3. The van der Waals surface area contributed by atoms with Crippen LogP contribution >= 0.6 is 11.8 Å². The second kappa shape index (κ2) is 9.36. The average molecular weight is 436 g/mol. The molecule has 2 aromatic carbocycles. The monoisotopic (exact) mass is 436 g/mol. The summed E-state index contributed by atoms with van der Waals surface area (Å²) in [6.07, 6.45) is -3.37. The molecule has 1 aliphatic heterocycles. The van der Waals surface area contributed by atoms with Gasteiger partial charge in [-0.1, -0.05) is 11.8 Å². The molecular weight excluding hydrogens is 415 g/mol. The fourth-order valence-electron chi connectivity index (χ4n) is 2.90. The molecule has 160 valence electrons. The number of thioether (sulfide) groups is 1. The molecule has 0 aliphatic carbocycles. The third-order valence-electron chi connectivity index (χ3n) is 4.57. The van der Waals surface area contributed by atoms with Crippen LogP contribution in [-0.2, 0) is 9.47 Å². The van der Waals surface area contributed by atoms with Gasteiger partial charge in [0.15, 0.2) is 17.7 Å². The number of hydrogen-bond donors (Lipinski definition) is 1. The zero-order chi connectivity index (χ0) is 21.8. The Morgan fingerprint density at radius 1 is 0.967 bits per heavy atom. The minimum Gasteiger partial charge on any atom is -0.497 e. The highest BCUT2D eigenvalue weighted by molar-refractivity contribution is 8.00. The SMILES string of the molecule is COc1ccc(C(=O)O[C@@H]2[C@H](OC(=O)c3ccc(OC)cc3C)SC(O)[C@H]2F)cc1. The van der Waals surface area contributed by atoms with E-state index in [4.69, 9.17) is 18.9 Å². The second-order valence-corrected chi connectivity index (χ2v) is 7.74. The van der Waals surface area contributed by atoms with Crippen molar-refractivity contribution < 1.29 is 38.0 Å². The predicted molar refractivity (Wildman–Crippen MR) is 108 cm³/mol. The molecule has 1 N–H and O–H groups in total. The van der Waals surface area contributed by atoms with Crippen molar-refractivity contribution in [2.45, 2.75) is 30.1 Å². The molecule has 0 radical (unpaired) electrons. The van der Waals surface area contributed by atoms with Crippen LogP contribution in [0, 0.1) is 6.92 Å². The number of ether oxygens (including phenoxy) is 4. The summed E-state index contributed by atoms with van der Waals surface area (Å²) in [6, 6.07) is 10.8. The Morgan fingerprint density at radius 2 is 1.60 bits per heavy atom. The van der Waals surface area contributed by atoms with Crippen LogP contribution in [0.3, 0.4) is 0 Å². The molecular formula is C21H21FO7S. The summed E-state index contributed by atoms with van der Waals surface area (Å²) in [5, 5.41) is 9.87. The van der Waals surface area contributed by atoms with E-state index >= 15 is 0 Å². The highest BCUT2D eigenvalue weighted by Gasteiger charge is 2.49. The molecule has 2 aromatic rings. The Kier molecular flexibility index (Phi) is 6.84. The molecule has 0 amide bonds. The van der Waals surface area contributed by atoms with E-state index in [-0.39, 0.29) is 11.1 Å². The molecule has 0 bridgehead atoms. The zero-order valence-electron chi connectivity index (χ0n) is 16.5.